The molecule has 0 unspecified atom stereocenters. The summed E-state index contributed by atoms with van der Waals surface area (Å²) in [6.07, 6.45) is 5.40. The van der Waals surface area contributed by atoms with Crippen molar-refractivity contribution in [2.24, 2.45) is 0 Å². The summed E-state index contributed by atoms with van der Waals surface area (Å²) in [5.41, 5.74) is 0.938. The van der Waals surface area contributed by atoms with Crippen molar-refractivity contribution in [3.8, 4) is 5.69 Å². The minimum atomic E-state index is -0.358. The Hall–Kier alpha value is -2.60. The molecule has 0 bridgehead atoms. The maximum atomic E-state index is 12.6. The van der Waals surface area contributed by atoms with Crippen LogP contribution in [0.4, 0.5) is 0 Å². The third kappa shape index (κ3) is 2.61. The Kier molecular flexibility index (Phi) is 3.92. The van der Waals surface area contributed by atoms with E-state index in [0.29, 0.717) is 23.7 Å². The number of halogens is 1. The van der Waals surface area contributed by atoms with E-state index in [0.717, 1.165) is 5.56 Å². The van der Waals surface area contributed by atoms with Gasteiger partial charge in [-0.1, -0.05) is 17.7 Å². The van der Waals surface area contributed by atoms with Gasteiger partial charge in [0, 0.05) is 29.6 Å². The maximum Gasteiger partial charge on any atom is 0.350 e. The lowest BCUT2D eigenvalue weighted by Crippen LogP contribution is -2.24. The van der Waals surface area contributed by atoms with Gasteiger partial charge in [-0.15, -0.1) is 11.7 Å². The highest BCUT2D eigenvalue weighted by atomic mass is 35.5. The summed E-state index contributed by atoms with van der Waals surface area (Å²) in [7, 11) is 0. The Labute approximate surface area is 136 Å². The predicted molar refractivity (Wildman–Crippen MR) is 89.6 cm³/mol. The molecule has 0 saturated heterocycles. The van der Waals surface area contributed by atoms with Crippen LogP contribution in [0.15, 0.2) is 52.8 Å². The number of aryl methyl sites for hydroxylation is 2. The van der Waals surface area contributed by atoms with Crippen molar-refractivity contribution in [3.63, 3.8) is 0 Å². The number of rotatable bonds is 4. The van der Waals surface area contributed by atoms with Crippen LogP contribution in [0.1, 0.15) is 12.0 Å². The molecule has 3 rings (SSSR count). The van der Waals surface area contributed by atoms with Crippen LogP contribution in [-0.4, -0.2) is 18.7 Å². The third-order valence-corrected chi connectivity index (χ3v) is 4.03. The fourth-order valence-electron chi connectivity index (χ4n) is 2.35. The molecule has 3 aromatic rings. The van der Waals surface area contributed by atoms with Crippen LogP contribution in [0.3, 0.4) is 0 Å². The predicted octanol–water partition coefficient (Wildman–Crippen LogP) is 2.18. The molecule has 0 N–H and O–H groups in total. The first-order chi connectivity index (χ1) is 11.0. The second-order valence-electron chi connectivity index (χ2n) is 5.18. The first-order valence-electron chi connectivity index (χ1n) is 7.11. The van der Waals surface area contributed by atoms with E-state index >= 15 is 0 Å². The van der Waals surface area contributed by atoms with Crippen molar-refractivity contribution in [1.29, 1.82) is 0 Å². The molecule has 6 nitrogen and oxygen atoms in total. The molecule has 118 valence electrons. The Morgan fingerprint density at radius 1 is 1.30 bits per heavy atom. The molecular weight excluding hydrogens is 316 g/mol. The molecular formula is C16H15ClN4O2. The fourth-order valence-corrected chi connectivity index (χ4v) is 2.47. The average molecular weight is 331 g/mol. The molecule has 2 aromatic heterocycles. The van der Waals surface area contributed by atoms with E-state index in [9.17, 15) is 9.59 Å². The van der Waals surface area contributed by atoms with Gasteiger partial charge in [0.1, 0.15) is 0 Å². The summed E-state index contributed by atoms with van der Waals surface area (Å²) in [4.78, 5) is 24.8. The maximum absolute atomic E-state index is 12.6. The zero-order chi connectivity index (χ0) is 16.6. The van der Waals surface area contributed by atoms with Gasteiger partial charge in [-0.05, 0) is 37.1 Å². The molecule has 0 aliphatic heterocycles. The summed E-state index contributed by atoms with van der Waals surface area (Å²) in [5, 5.41) is 4.77. The van der Waals surface area contributed by atoms with Gasteiger partial charge >= 0.3 is 11.2 Å². The van der Waals surface area contributed by atoms with E-state index in [1.807, 2.05) is 13.0 Å². The van der Waals surface area contributed by atoms with E-state index in [1.54, 1.807) is 30.6 Å². The SMILES string of the molecule is C=CCCn1nc2c(=O)n(-c3ccc(Cl)c(C)c3)ccn2c1=O. The highest BCUT2D eigenvalue weighted by Crippen LogP contribution is 2.18. The molecule has 23 heavy (non-hydrogen) atoms. The number of aromatic nitrogens is 4. The quantitative estimate of drug-likeness (QED) is 0.689. The Morgan fingerprint density at radius 2 is 2.09 bits per heavy atom. The number of allylic oxidation sites excluding steroid dienone is 1. The van der Waals surface area contributed by atoms with Crippen LogP contribution in [0.25, 0.3) is 11.3 Å². The number of hydrogen-bond donors (Lipinski definition) is 0. The Morgan fingerprint density at radius 3 is 2.78 bits per heavy atom. The molecule has 0 amide bonds. The molecule has 1 aromatic carbocycles. The van der Waals surface area contributed by atoms with Crippen LogP contribution in [0, 0.1) is 6.92 Å². The minimum absolute atomic E-state index is 0.0918. The van der Waals surface area contributed by atoms with E-state index < -0.39 is 0 Å². The van der Waals surface area contributed by atoms with E-state index in [4.69, 9.17) is 11.6 Å². The fraction of sp³-hybridized carbons (Fsp3) is 0.188. The average Bonchev–Trinajstić information content (AvgIpc) is 2.86. The van der Waals surface area contributed by atoms with Crippen molar-refractivity contribution < 1.29 is 0 Å². The lowest BCUT2D eigenvalue weighted by Gasteiger charge is -2.07. The van der Waals surface area contributed by atoms with Crippen molar-refractivity contribution in [3.05, 3.63) is 74.7 Å². The molecule has 0 aliphatic rings. The Balaban J connectivity index is 2.19. The molecule has 0 atom stereocenters. The molecule has 0 aliphatic carbocycles. The lowest BCUT2D eigenvalue weighted by molar-refractivity contribution is 0.601. The summed E-state index contributed by atoms with van der Waals surface area (Å²) in [6, 6.07) is 5.30. The molecule has 7 heteroatoms. The van der Waals surface area contributed by atoms with Gasteiger partial charge in [-0.2, -0.15) is 0 Å². The van der Waals surface area contributed by atoms with E-state index in [1.165, 1.54) is 13.6 Å². The standard InChI is InChI=1S/C16H15ClN4O2/c1-3-4-7-21-16(23)20-9-8-19(15(22)14(20)18-21)12-5-6-13(17)11(2)10-12/h3,5-6,8-10H,1,4,7H2,2H3. The zero-order valence-electron chi connectivity index (χ0n) is 12.6. The normalized spacial score (nSPS) is 11.0. The molecule has 0 spiro atoms. The van der Waals surface area contributed by atoms with Crippen LogP contribution in [0.5, 0.6) is 0 Å². The number of hydrogen-bond acceptors (Lipinski definition) is 3. The first-order valence-corrected chi connectivity index (χ1v) is 7.49. The second-order valence-corrected chi connectivity index (χ2v) is 5.59. The number of nitrogens with zero attached hydrogens (tertiary/aromatic N) is 4. The van der Waals surface area contributed by atoms with Crippen LogP contribution in [0.2, 0.25) is 5.02 Å². The van der Waals surface area contributed by atoms with Crippen molar-refractivity contribution in [1.82, 2.24) is 18.7 Å². The van der Waals surface area contributed by atoms with Crippen molar-refractivity contribution in [2.75, 3.05) is 0 Å². The monoisotopic (exact) mass is 330 g/mol. The highest BCUT2D eigenvalue weighted by Gasteiger charge is 2.12. The second kappa shape index (κ2) is 5.89. The molecule has 2 heterocycles. The van der Waals surface area contributed by atoms with Gasteiger partial charge in [0.15, 0.2) is 0 Å². The lowest BCUT2D eigenvalue weighted by atomic mass is 10.2. The van der Waals surface area contributed by atoms with Gasteiger partial charge in [0.25, 0.3) is 0 Å². The summed E-state index contributed by atoms with van der Waals surface area (Å²) in [6.45, 7) is 5.88. The van der Waals surface area contributed by atoms with Crippen LogP contribution in [-0.2, 0) is 6.54 Å². The van der Waals surface area contributed by atoms with Crippen molar-refractivity contribution >= 4 is 17.2 Å². The molecule has 0 saturated carbocycles. The highest BCUT2D eigenvalue weighted by molar-refractivity contribution is 6.31. The number of fused-ring (bicyclic) bond motifs is 1. The largest absolute Gasteiger partial charge is 0.350 e. The van der Waals surface area contributed by atoms with Gasteiger partial charge in [-0.3, -0.25) is 9.36 Å². The van der Waals surface area contributed by atoms with E-state index in [-0.39, 0.29) is 16.9 Å². The third-order valence-electron chi connectivity index (χ3n) is 3.61. The smallest absolute Gasteiger partial charge is 0.280 e. The summed E-state index contributed by atoms with van der Waals surface area (Å²) >= 11 is 6.02. The topological polar surface area (TPSA) is 61.3 Å². The summed E-state index contributed by atoms with van der Waals surface area (Å²) in [5.74, 6) is 0. The summed E-state index contributed by atoms with van der Waals surface area (Å²) < 4.78 is 3.98. The van der Waals surface area contributed by atoms with E-state index in [2.05, 4.69) is 11.7 Å². The van der Waals surface area contributed by atoms with Gasteiger partial charge in [0.05, 0.1) is 0 Å². The Bertz CT molecular complexity index is 1010. The number of benzene rings is 1. The van der Waals surface area contributed by atoms with Crippen LogP contribution >= 0.6 is 11.6 Å². The van der Waals surface area contributed by atoms with Crippen molar-refractivity contribution in [2.45, 2.75) is 19.9 Å². The van der Waals surface area contributed by atoms with Gasteiger partial charge < -0.3 is 0 Å². The van der Waals surface area contributed by atoms with Gasteiger partial charge in [-0.25, -0.2) is 13.9 Å². The first kappa shape index (κ1) is 15.3. The molecule has 0 radical (unpaired) electrons. The molecule has 0 fully saturated rings. The minimum Gasteiger partial charge on any atom is -0.280 e. The van der Waals surface area contributed by atoms with Crippen LogP contribution < -0.4 is 11.2 Å². The van der Waals surface area contributed by atoms with Gasteiger partial charge in [0.2, 0.25) is 5.65 Å². The zero-order valence-corrected chi connectivity index (χ0v) is 13.3.